The van der Waals surface area contributed by atoms with E-state index in [2.05, 4.69) is 14.4 Å². The van der Waals surface area contributed by atoms with Crippen LogP contribution in [0, 0.1) is 0 Å². The largest absolute Gasteiger partial charge is 0.472 e. The molecule has 0 aromatic rings. The van der Waals surface area contributed by atoms with Crippen LogP contribution in [-0.2, 0) is 46.4 Å². The fraction of sp³-hybridized carbons (Fsp3) is 0.947. The second-order valence-corrected chi connectivity index (χ2v) is 11.9. The molecular weight excluding hydrogens is 622 g/mol. The molecular formula is C19H38N2O19P2. The van der Waals surface area contributed by atoms with Gasteiger partial charge in [0, 0.05) is 13.5 Å². The van der Waals surface area contributed by atoms with Crippen molar-refractivity contribution in [3.63, 3.8) is 0 Å². The highest BCUT2D eigenvalue weighted by molar-refractivity contribution is 7.47. The Labute approximate surface area is 238 Å². The highest BCUT2D eigenvalue weighted by atomic mass is 31.2. The van der Waals surface area contributed by atoms with Gasteiger partial charge in [-0.05, 0) is 0 Å². The number of hydrogen-bond acceptors (Lipinski definition) is 17. The van der Waals surface area contributed by atoms with Gasteiger partial charge in [0.15, 0.2) is 12.6 Å². The molecule has 0 aliphatic carbocycles. The highest BCUT2D eigenvalue weighted by Crippen LogP contribution is 2.44. The van der Waals surface area contributed by atoms with Crippen molar-refractivity contribution >= 4 is 21.6 Å². The van der Waals surface area contributed by atoms with Gasteiger partial charge in [0.25, 0.3) is 0 Å². The number of amides is 1. The fourth-order valence-corrected chi connectivity index (χ4v) is 4.96. The molecule has 2 rings (SSSR count). The molecule has 2 heterocycles. The normalized spacial score (nSPS) is 36.3. The standard InChI is InChI=1S/C19H38N2O19P2/c1-8(23)21-12-15(27)13(25)10(7-37-42(32,33)35-3-2-20)38-18(12)40-17-14(26)11(6-36-41(29,30)31)39-19(16(17)28)34-5-9(24)4-22/h9-19,22,24-28H,2-7,20H2,1H3,(H,21,23)(H,32,33)(H2,29,30,31)/t9-,10-,11-,12-,13+,14+,15-,16-,17+,18+,19+/m1/s1. The van der Waals surface area contributed by atoms with Gasteiger partial charge in [0.1, 0.15) is 54.9 Å². The van der Waals surface area contributed by atoms with Crippen molar-refractivity contribution in [3.8, 4) is 0 Å². The van der Waals surface area contributed by atoms with Gasteiger partial charge >= 0.3 is 15.6 Å². The summed E-state index contributed by atoms with van der Waals surface area (Å²) >= 11 is 0. The van der Waals surface area contributed by atoms with E-state index in [4.69, 9.17) is 44.1 Å². The maximum absolute atomic E-state index is 12.0. The molecule has 0 radical (unpaired) electrons. The van der Waals surface area contributed by atoms with Crippen LogP contribution in [0.2, 0.25) is 0 Å². The zero-order valence-corrected chi connectivity index (χ0v) is 24.0. The Bertz CT molecular complexity index is 943. The van der Waals surface area contributed by atoms with Crippen LogP contribution in [-0.4, -0.2) is 158 Å². The summed E-state index contributed by atoms with van der Waals surface area (Å²) in [6.45, 7) is -2.62. The van der Waals surface area contributed by atoms with Crippen molar-refractivity contribution in [2.24, 2.45) is 5.73 Å². The molecule has 0 bridgehead atoms. The number of carbonyl (C=O) groups is 1. The Morgan fingerprint density at radius 2 is 1.52 bits per heavy atom. The van der Waals surface area contributed by atoms with E-state index in [1.807, 2.05) is 0 Å². The fourth-order valence-electron chi connectivity index (χ4n) is 3.87. The predicted octanol–water partition coefficient (Wildman–Crippen LogP) is -5.66. The van der Waals surface area contributed by atoms with E-state index in [9.17, 15) is 44.4 Å². The van der Waals surface area contributed by atoms with E-state index in [1.165, 1.54) is 0 Å². The van der Waals surface area contributed by atoms with Crippen LogP contribution < -0.4 is 11.1 Å². The first-order chi connectivity index (χ1) is 19.5. The Morgan fingerprint density at radius 1 is 0.929 bits per heavy atom. The number of phosphoric acid groups is 2. The second-order valence-electron chi connectivity index (χ2n) is 9.22. The van der Waals surface area contributed by atoms with Crippen LogP contribution in [0.3, 0.4) is 0 Å². The number of aliphatic hydroxyl groups is 6. The maximum Gasteiger partial charge on any atom is 0.472 e. The lowest BCUT2D eigenvalue weighted by Crippen LogP contribution is -2.67. The van der Waals surface area contributed by atoms with Crippen molar-refractivity contribution in [1.82, 2.24) is 5.32 Å². The molecule has 0 aromatic heterocycles. The number of carbonyl (C=O) groups excluding carboxylic acids is 1. The molecule has 21 nitrogen and oxygen atoms in total. The minimum Gasteiger partial charge on any atom is -0.394 e. The third-order valence-corrected chi connectivity index (χ3v) is 7.32. The summed E-state index contributed by atoms with van der Waals surface area (Å²) in [4.78, 5) is 39.7. The molecule has 2 fully saturated rings. The first kappa shape index (κ1) is 37.4. The van der Waals surface area contributed by atoms with E-state index in [-0.39, 0.29) is 13.2 Å². The molecule has 23 heteroatoms. The quantitative estimate of drug-likeness (QED) is 0.0687. The molecule has 2 saturated heterocycles. The SMILES string of the molecule is CC(=O)N[C@H]1[C@H](O[C@H]2[C@@H](O)[C@@H](COP(=O)(O)O)O[C@H](OC[C@H](O)CO)[C@@H]2O)O[C@H](COP(=O)(O)OCCN)[C@H](O)[C@@H]1O. The van der Waals surface area contributed by atoms with Crippen molar-refractivity contribution in [2.75, 3.05) is 39.6 Å². The van der Waals surface area contributed by atoms with Gasteiger partial charge in [-0.25, -0.2) is 9.13 Å². The lowest BCUT2D eigenvalue weighted by Gasteiger charge is -2.47. The van der Waals surface area contributed by atoms with Gasteiger partial charge in [-0.15, -0.1) is 0 Å². The monoisotopic (exact) mass is 660 g/mol. The van der Waals surface area contributed by atoms with Crippen molar-refractivity contribution in [3.05, 3.63) is 0 Å². The molecule has 0 aromatic carbocycles. The van der Waals surface area contributed by atoms with Crippen LogP contribution in [0.25, 0.3) is 0 Å². The molecule has 2 aliphatic heterocycles. The van der Waals surface area contributed by atoms with E-state index < -0.39 is 115 Å². The Kier molecular flexibility index (Phi) is 14.7. The van der Waals surface area contributed by atoms with E-state index >= 15 is 0 Å². The topological polar surface area (TPSA) is 336 Å². The number of rotatable bonds is 16. The lowest BCUT2D eigenvalue weighted by atomic mass is 9.95. The molecule has 0 saturated carbocycles. The van der Waals surface area contributed by atoms with Crippen molar-refractivity contribution in [1.29, 1.82) is 0 Å². The van der Waals surface area contributed by atoms with Gasteiger partial charge in [-0.1, -0.05) is 0 Å². The molecule has 42 heavy (non-hydrogen) atoms. The maximum atomic E-state index is 12.0. The van der Waals surface area contributed by atoms with Gasteiger partial charge in [-0.3, -0.25) is 18.4 Å². The van der Waals surface area contributed by atoms with Crippen molar-refractivity contribution in [2.45, 2.75) is 74.4 Å². The van der Waals surface area contributed by atoms with Crippen LogP contribution >= 0.6 is 15.6 Å². The number of phosphoric ester groups is 2. The van der Waals surface area contributed by atoms with Gasteiger partial charge in [0.05, 0.1) is 33.0 Å². The zero-order chi connectivity index (χ0) is 31.8. The molecule has 1 unspecified atom stereocenters. The first-order valence-corrected chi connectivity index (χ1v) is 15.4. The molecule has 248 valence electrons. The third kappa shape index (κ3) is 11.3. The van der Waals surface area contributed by atoms with Crippen LogP contribution in [0.4, 0.5) is 0 Å². The van der Waals surface area contributed by atoms with Gasteiger partial charge in [-0.2, -0.15) is 0 Å². The van der Waals surface area contributed by atoms with Crippen LogP contribution in [0.1, 0.15) is 6.92 Å². The summed E-state index contributed by atoms with van der Waals surface area (Å²) in [5.41, 5.74) is 5.21. The smallest absolute Gasteiger partial charge is 0.394 e. The van der Waals surface area contributed by atoms with E-state index in [0.717, 1.165) is 6.92 Å². The predicted molar refractivity (Wildman–Crippen MR) is 132 cm³/mol. The average molecular weight is 660 g/mol. The van der Waals surface area contributed by atoms with Gasteiger partial charge in [0.2, 0.25) is 5.91 Å². The summed E-state index contributed by atoms with van der Waals surface area (Å²) in [5, 5.41) is 63.8. The number of aliphatic hydroxyl groups excluding tert-OH is 6. The van der Waals surface area contributed by atoms with Crippen molar-refractivity contribution < 1.29 is 91.8 Å². The third-order valence-electron chi connectivity index (χ3n) is 5.85. The summed E-state index contributed by atoms with van der Waals surface area (Å²) < 4.78 is 58.7. The summed E-state index contributed by atoms with van der Waals surface area (Å²) in [6.07, 6.45) is -17.8. The molecule has 1 amide bonds. The highest BCUT2D eigenvalue weighted by Gasteiger charge is 2.52. The number of nitrogens with two attached hydrogens (primary N) is 1. The Balaban J connectivity index is 2.31. The van der Waals surface area contributed by atoms with E-state index in [1.54, 1.807) is 0 Å². The summed E-state index contributed by atoms with van der Waals surface area (Å²) in [6, 6.07) is -1.58. The average Bonchev–Trinajstić information content (AvgIpc) is 2.90. The number of nitrogens with one attached hydrogen (secondary N) is 1. The van der Waals surface area contributed by atoms with E-state index in [0.29, 0.717) is 0 Å². The zero-order valence-electron chi connectivity index (χ0n) is 22.2. The minimum atomic E-state index is -5.08. The first-order valence-electron chi connectivity index (χ1n) is 12.4. The summed E-state index contributed by atoms with van der Waals surface area (Å²) in [5.74, 6) is -0.742. The lowest BCUT2D eigenvalue weighted by molar-refractivity contribution is -0.348. The van der Waals surface area contributed by atoms with Crippen LogP contribution in [0.15, 0.2) is 0 Å². The number of hydrogen-bond donors (Lipinski definition) is 11. The molecule has 12 N–H and O–H groups in total. The second kappa shape index (κ2) is 16.5. The van der Waals surface area contributed by atoms with Crippen LogP contribution in [0.5, 0.6) is 0 Å². The molecule has 12 atom stereocenters. The number of ether oxygens (including phenoxy) is 4. The summed E-state index contributed by atoms with van der Waals surface area (Å²) in [7, 11) is -9.76. The Morgan fingerprint density at radius 3 is 2.10 bits per heavy atom. The minimum absolute atomic E-state index is 0.122. The Hall–Kier alpha value is -0.750. The molecule has 2 aliphatic rings. The molecule has 0 spiro atoms. The van der Waals surface area contributed by atoms with Gasteiger partial charge < -0.3 is 75.3 Å².